The molecule has 0 aliphatic heterocycles. The lowest BCUT2D eigenvalue weighted by atomic mass is 9.94. The number of nitrogens with zero attached hydrogens (tertiary/aromatic N) is 1. The molecular formula is C49H103NO5. The van der Waals surface area contributed by atoms with Gasteiger partial charge in [-0.25, -0.2) is 0 Å². The van der Waals surface area contributed by atoms with Crippen LogP contribution in [0.4, 0.5) is 0 Å². The summed E-state index contributed by atoms with van der Waals surface area (Å²) in [5, 5.41) is 9.34. The number of hydrogen-bond donors (Lipinski definition) is 1. The van der Waals surface area contributed by atoms with Crippen molar-refractivity contribution in [2.45, 2.75) is 255 Å². The number of aliphatic hydroxyl groups is 1. The molecule has 0 saturated heterocycles. The summed E-state index contributed by atoms with van der Waals surface area (Å²) < 4.78 is 10.4. The predicted octanol–water partition coefficient (Wildman–Crippen LogP) is 15.1. The van der Waals surface area contributed by atoms with Gasteiger partial charge in [-0.2, -0.15) is 0 Å². The third-order valence-electron chi connectivity index (χ3n) is 10.4. The maximum atomic E-state index is 12.7. The fourth-order valence-electron chi connectivity index (χ4n) is 6.50. The van der Waals surface area contributed by atoms with Gasteiger partial charge in [0.15, 0.2) is 0 Å². The van der Waals surface area contributed by atoms with E-state index < -0.39 is 0 Å². The molecule has 2 atom stereocenters. The first-order chi connectivity index (χ1) is 26.9. The van der Waals surface area contributed by atoms with Crippen LogP contribution >= 0.6 is 0 Å². The van der Waals surface area contributed by atoms with Crippen molar-refractivity contribution < 1.29 is 24.2 Å². The zero-order valence-corrected chi connectivity index (χ0v) is 39.2. The Bertz CT molecular complexity index is 674. The highest BCUT2D eigenvalue weighted by molar-refractivity contribution is 5.72. The Morgan fingerprint density at radius 3 is 1.38 bits per heavy atom. The summed E-state index contributed by atoms with van der Waals surface area (Å²) in [5.74, 6) is 1.08. The van der Waals surface area contributed by atoms with Gasteiger partial charge in [0.05, 0.1) is 25.7 Å². The normalized spacial score (nSPS) is 11.7. The zero-order chi connectivity index (χ0) is 41.9. The third-order valence-corrected chi connectivity index (χ3v) is 10.4. The fourth-order valence-corrected chi connectivity index (χ4v) is 6.50. The number of rotatable bonds is 39. The first-order valence-corrected chi connectivity index (χ1v) is 24.5. The van der Waals surface area contributed by atoms with Crippen LogP contribution in [0.15, 0.2) is 0 Å². The molecule has 334 valence electrons. The third kappa shape index (κ3) is 55.0. The van der Waals surface area contributed by atoms with Crippen molar-refractivity contribution in [2.75, 3.05) is 39.5 Å². The molecule has 55 heavy (non-hydrogen) atoms. The second kappa shape index (κ2) is 57.2. The number of unbranched alkanes of at least 4 members (excludes halogenated alkanes) is 20. The molecular weight excluding hydrogens is 683 g/mol. The topological polar surface area (TPSA) is 76.1 Å². The first kappa shape index (κ1) is 60.5. The Hall–Kier alpha value is -1.14. The van der Waals surface area contributed by atoms with Crippen molar-refractivity contribution in [3.05, 3.63) is 0 Å². The van der Waals surface area contributed by atoms with Crippen LogP contribution in [0.1, 0.15) is 255 Å². The van der Waals surface area contributed by atoms with Crippen molar-refractivity contribution in [1.82, 2.24) is 4.90 Å². The van der Waals surface area contributed by atoms with Gasteiger partial charge in [0, 0.05) is 6.54 Å². The minimum atomic E-state index is 0.0338. The SMILES string of the molecule is CC.CCCCC.CCCCCCCCC(C)CC.CCCCCCCCC(CCCCC)C(=O)OCCCCCCN(CCO)CCCCCCOC=O. The standard InChI is InChI=1S/C30H59NO5.C12H26.C5H12.C2H6/c1-3-5-7-8-9-15-21-29(20-14-6-4-2)30(34)36-27-19-13-11-17-23-31(24-25-32)22-16-10-12-18-26-35-28-33;1-4-6-7-8-9-10-11-12(3)5-2;1-3-5-4-2;1-2/h28-29,32H,3-27H2,1-2H3;12H,4-11H2,1-3H3;3-5H2,1-2H3;1-2H3. The van der Waals surface area contributed by atoms with Crippen LogP contribution in [0.2, 0.25) is 0 Å². The summed E-state index contributed by atoms with van der Waals surface area (Å²) in [6.07, 6.45) is 37.1. The molecule has 6 nitrogen and oxygen atoms in total. The molecule has 0 aliphatic carbocycles. The van der Waals surface area contributed by atoms with Crippen LogP contribution in [-0.4, -0.2) is 61.9 Å². The average molecular weight is 786 g/mol. The van der Waals surface area contributed by atoms with Crippen molar-refractivity contribution >= 4 is 12.4 Å². The number of carbonyl (C=O) groups excluding carboxylic acids is 2. The quantitative estimate of drug-likeness (QED) is 0.0380. The largest absolute Gasteiger partial charge is 0.468 e. The molecule has 0 amide bonds. The van der Waals surface area contributed by atoms with Crippen molar-refractivity contribution in [2.24, 2.45) is 11.8 Å². The minimum Gasteiger partial charge on any atom is -0.468 e. The van der Waals surface area contributed by atoms with E-state index in [4.69, 9.17) is 9.47 Å². The second-order valence-corrected chi connectivity index (χ2v) is 15.7. The van der Waals surface area contributed by atoms with Gasteiger partial charge in [-0.1, -0.05) is 216 Å². The van der Waals surface area contributed by atoms with E-state index in [0.717, 1.165) is 103 Å². The van der Waals surface area contributed by atoms with E-state index >= 15 is 0 Å². The number of ether oxygens (including phenoxy) is 2. The fraction of sp³-hybridized carbons (Fsp3) is 0.959. The van der Waals surface area contributed by atoms with Gasteiger partial charge >= 0.3 is 5.97 Å². The molecule has 0 heterocycles. The predicted molar refractivity (Wildman–Crippen MR) is 243 cm³/mol. The van der Waals surface area contributed by atoms with Gasteiger partial charge in [-0.3, -0.25) is 9.59 Å². The molecule has 0 aromatic carbocycles. The van der Waals surface area contributed by atoms with Gasteiger partial charge < -0.3 is 19.5 Å². The maximum absolute atomic E-state index is 12.7. The van der Waals surface area contributed by atoms with Gasteiger partial charge in [0.2, 0.25) is 0 Å². The molecule has 2 unspecified atom stereocenters. The molecule has 0 fully saturated rings. The van der Waals surface area contributed by atoms with Crippen LogP contribution in [0.3, 0.4) is 0 Å². The lowest BCUT2D eigenvalue weighted by molar-refractivity contribution is -0.149. The van der Waals surface area contributed by atoms with Crippen molar-refractivity contribution in [1.29, 1.82) is 0 Å². The highest BCUT2D eigenvalue weighted by atomic mass is 16.5. The highest BCUT2D eigenvalue weighted by Gasteiger charge is 2.19. The summed E-state index contributed by atoms with van der Waals surface area (Å²) in [4.78, 5) is 25.1. The molecule has 0 spiro atoms. The van der Waals surface area contributed by atoms with Gasteiger partial charge in [0.25, 0.3) is 6.47 Å². The monoisotopic (exact) mass is 786 g/mol. The number of aliphatic hydroxyl groups excluding tert-OH is 1. The molecule has 0 aromatic heterocycles. The summed E-state index contributed by atoms with van der Waals surface area (Å²) in [7, 11) is 0. The Kier molecular flexibility index (Phi) is 62.9. The van der Waals surface area contributed by atoms with E-state index in [9.17, 15) is 14.7 Å². The molecule has 0 aliphatic rings. The summed E-state index contributed by atoms with van der Waals surface area (Å²) in [5.41, 5.74) is 0. The Morgan fingerprint density at radius 2 is 0.927 bits per heavy atom. The van der Waals surface area contributed by atoms with E-state index in [-0.39, 0.29) is 18.5 Å². The number of esters is 1. The molecule has 6 heteroatoms. The molecule has 0 rings (SSSR count). The minimum absolute atomic E-state index is 0.0338. The summed E-state index contributed by atoms with van der Waals surface area (Å²) in [6.45, 7) is 24.3. The van der Waals surface area contributed by atoms with Crippen LogP contribution in [-0.2, 0) is 19.1 Å². The van der Waals surface area contributed by atoms with E-state index in [2.05, 4.69) is 53.4 Å². The van der Waals surface area contributed by atoms with Gasteiger partial charge in [-0.05, 0) is 57.5 Å². The lowest BCUT2D eigenvalue weighted by Crippen LogP contribution is -2.29. The van der Waals surface area contributed by atoms with Crippen molar-refractivity contribution in [3.8, 4) is 0 Å². The van der Waals surface area contributed by atoms with Crippen molar-refractivity contribution in [3.63, 3.8) is 0 Å². The van der Waals surface area contributed by atoms with E-state index in [1.54, 1.807) is 0 Å². The molecule has 1 N–H and O–H groups in total. The molecule has 0 aromatic rings. The maximum Gasteiger partial charge on any atom is 0.308 e. The van der Waals surface area contributed by atoms with Gasteiger partial charge in [0.1, 0.15) is 0 Å². The zero-order valence-electron chi connectivity index (χ0n) is 39.2. The molecule has 0 saturated carbocycles. The smallest absolute Gasteiger partial charge is 0.308 e. The van der Waals surface area contributed by atoms with Crippen LogP contribution in [0.5, 0.6) is 0 Å². The lowest BCUT2D eigenvalue weighted by Gasteiger charge is -2.21. The highest BCUT2D eigenvalue weighted by Crippen LogP contribution is 2.20. The first-order valence-electron chi connectivity index (χ1n) is 24.5. The Morgan fingerprint density at radius 1 is 0.527 bits per heavy atom. The number of hydrogen-bond acceptors (Lipinski definition) is 6. The van der Waals surface area contributed by atoms with E-state index in [1.165, 1.54) is 116 Å². The average Bonchev–Trinajstić information content (AvgIpc) is 3.20. The van der Waals surface area contributed by atoms with Crippen LogP contribution in [0, 0.1) is 11.8 Å². The van der Waals surface area contributed by atoms with E-state index in [1.807, 2.05) is 13.8 Å². The summed E-state index contributed by atoms with van der Waals surface area (Å²) >= 11 is 0. The Balaban J connectivity index is -0.000000560. The molecule has 0 bridgehead atoms. The molecule has 0 radical (unpaired) electrons. The second-order valence-electron chi connectivity index (χ2n) is 15.7. The van der Waals surface area contributed by atoms with Crippen LogP contribution in [0.25, 0.3) is 0 Å². The summed E-state index contributed by atoms with van der Waals surface area (Å²) in [6, 6.07) is 0. The Labute approximate surface area is 346 Å². The van der Waals surface area contributed by atoms with E-state index in [0.29, 0.717) is 19.7 Å². The number of carbonyl (C=O) groups is 2. The van der Waals surface area contributed by atoms with Crippen LogP contribution < -0.4 is 0 Å². The van der Waals surface area contributed by atoms with Gasteiger partial charge in [-0.15, -0.1) is 0 Å².